The summed E-state index contributed by atoms with van der Waals surface area (Å²) in [7, 11) is -3.67. The average Bonchev–Trinajstić information content (AvgIpc) is 3.41. The Balaban J connectivity index is 1.54. The first-order valence-corrected chi connectivity index (χ1v) is 10.9. The molecule has 0 saturated heterocycles. The lowest BCUT2D eigenvalue weighted by molar-refractivity contribution is -0.117. The summed E-state index contributed by atoms with van der Waals surface area (Å²) in [6.45, 7) is 3.41. The second-order valence-electron chi connectivity index (χ2n) is 7.09. The molecule has 7 nitrogen and oxygen atoms in total. The van der Waals surface area contributed by atoms with Gasteiger partial charge in [-0.1, -0.05) is 18.2 Å². The van der Waals surface area contributed by atoms with Gasteiger partial charge in [-0.15, -0.1) is 6.58 Å². The van der Waals surface area contributed by atoms with Crippen molar-refractivity contribution in [2.75, 3.05) is 11.1 Å². The number of aromatic nitrogens is 2. The topological polar surface area (TPSA) is 101 Å². The first-order chi connectivity index (χ1) is 13.9. The van der Waals surface area contributed by atoms with Crippen LogP contribution in [0.25, 0.3) is 11.0 Å². The van der Waals surface area contributed by atoms with Crippen LogP contribution in [0.15, 0.2) is 55.3 Å². The zero-order valence-corrected chi connectivity index (χ0v) is 16.5. The molecule has 1 aliphatic rings. The number of benzene rings is 1. The van der Waals surface area contributed by atoms with Crippen LogP contribution in [0, 0.1) is 5.92 Å². The number of H-pyrrole nitrogens is 1. The maximum absolute atomic E-state index is 12.1. The van der Waals surface area contributed by atoms with Crippen LogP contribution in [0.3, 0.4) is 0 Å². The van der Waals surface area contributed by atoms with Gasteiger partial charge in [0.1, 0.15) is 23.0 Å². The number of pyridine rings is 1. The Kier molecular flexibility index (Phi) is 5.10. The van der Waals surface area contributed by atoms with Crippen molar-refractivity contribution in [2.24, 2.45) is 5.92 Å². The maximum Gasteiger partial charge on any atom is 0.312 e. The van der Waals surface area contributed by atoms with Gasteiger partial charge in [0, 0.05) is 17.5 Å². The normalized spacial score (nSPS) is 13.9. The second-order valence-corrected chi connectivity index (χ2v) is 8.70. The lowest BCUT2D eigenvalue weighted by Gasteiger charge is -2.10. The molecular formula is C21H21N3O4S. The number of rotatable bonds is 8. The number of nitrogens with one attached hydrogen (secondary N) is 2. The van der Waals surface area contributed by atoms with Gasteiger partial charge in [-0.3, -0.25) is 4.79 Å². The van der Waals surface area contributed by atoms with E-state index < -0.39 is 10.1 Å². The highest BCUT2D eigenvalue weighted by atomic mass is 32.2. The largest absolute Gasteiger partial charge is 0.382 e. The predicted molar refractivity (Wildman–Crippen MR) is 111 cm³/mol. The first-order valence-electron chi connectivity index (χ1n) is 9.33. The molecule has 0 unspecified atom stereocenters. The van der Waals surface area contributed by atoms with Gasteiger partial charge in [-0.25, -0.2) is 4.98 Å². The van der Waals surface area contributed by atoms with Crippen LogP contribution in [-0.2, 0) is 21.3 Å². The minimum absolute atomic E-state index is 0.0107. The SMILES string of the molecule is C=CCS(=O)(=O)Oc1ccc(Cc2cc(NC(=O)C3CC3)nc3[nH]ccc23)cc1. The quantitative estimate of drug-likeness (QED) is 0.437. The zero-order valence-electron chi connectivity index (χ0n) is 15.7. The Labute approximate surface area is 168 Å². The summed E-state index contributed by atoms with van der Waals surface area (Å²) in [6, 6.07) is 10.7. The minimum Gasteiger partial charge on any atom is -0.382 e. The lowest BCUT2D eigenvalue weighted by Crippen LogP contribution is -2.14. The highest BCUT2D eigenvalue weighted by molar-refractivity contribution is 7.87. The van der Waals surface area contributed by atoms with Gasteiger partial charge in [-0.05, 0) is 54.7 Å². The molecule has 0 bridgehead atoms. The van der Waals surface area contributed by atoms with E-state index in [2.05, 4.69) is 21.9 Å². The average molecular weight is 411 g/mol. The predicted octanol–water partition coefficient (Wildman–Crippen LogP) is 3.40. The molecule has 2 aromatic heterocycles. The lowest BCUT2D eigenvalue weighted by atomic mass is 10.0. The summed E-state index contributed by atoms with van der Waals surface area (Å²) in [5.74, 6) is 0.657. The number of anilines is 1. The van der Waals surface area contributed by atoms with Crippen molar-refractivity contribution in [2.45, 2.75) is 19.3 Å². The molecule has 0 spiro atoms. The third kappa shape index (κ3) is 4.65. The number of amides is 1. The van der Waals surface area contributed by atoms with Gasteiger partial charge in [0.25, 0.3) is 0 Å². The third-order valence-corrected chi connectivity index (χ3v) is 5.77. The Morgan fingerprint density at radius 2 is 2.03 bits per heavy atom. The van der Waals surface area contributed by atoms with Crippen molar-refractivity contribution in [3.05, 3.63) is 66.4 Å². The molecule has 1 saturated carbocycles. The molecule has 150 valence electrons. The molecular weight excluding hydrogens is 390 g/mol. The van der Waals surface area contributed by atoms with E-state index in [4.69, 9.17) is 4.18 Å². The molecule has 8 heteroatoms. The van der Waals surface area contributed by atoms with Crippen LogP contribution in [0.2, 0.25) is 0 Å². The molecule has 1 fully saturated rings. The molecule has 29 heavy (non-hydrogen) atoms. The number of carbonyl (C=O) groups excluding carboxylic acids is 1. The van der Waals surface area contributed by atoms with Gasteiger partial charge in [0.2, 0.25) is 5.91 Å². The van der Waals surface area contributed by atoms with Crippen molar-refractivity contribution >= 4 is 32.9 Å². The fraction of sp³-hybridized carbons (Fsp3) is 0.238. The fourth-order valence-electron chi connectivity index (χ4n) is 3.10. The molecule has 1 aliphatic carbocycles. The Hall–Kier alpha value is -3.13. The molecule has 2 N–H and O–H groups in total. The van der Waals surface area contributed by atoms with E-state index in [0.717, 1.165) is 29.4 Å². The number of carbonyl (C=O) groups is 1. The van der Waals surface area contributed by atoms with Crippen LogP contribution in [0.4, 0.5) is 5.82 Å². The first kappa shape index (κ1) is 19.2. The summed E-state index contributed by atoms with van der Waals surface area (Å²) in [5.41, 5.74) is 2.70. The van der Waals surface area contributed by atoms with Crippen LogP contribution in [-0.4, -0.2) is 30.0 Å². The summed E-state index contributed by atoms with van der Waals surface area (Å²) in [4.78, 5) is 19.7. The summed E-state index contributed by atoms with van der Waals surface area (Å²) in [6.07, 6.45) is 5.56. The van der Waals surface area contributed by atoms with E-state index in [-0.39, 0.29) is 23.3 Å². The fourth-order valence-corrected chi connectivity index (χ4v) is 3.86. The van der Waals surface area contributed by atoms with Crippen LogP contribution in [0.5, 0.6) is 5.75 Å². The van der Waals surface area contributed by atoms with Crippen molar-refractivity contribution in [3.8, 4) is 5.75 Å². The highest BCUT2D eigenvalue weighted by Crippen LogP contribution is 2.31. The Bertz CT molecular complexity index is 1160. The Morgan fingerprint density at radius 3 is 2.72 bits per heavy atom. The molecule has 4 rings (SSSR count). The van der Waals surface area contributed by atoms with Crippen molar-refractivity contribution in [1.29, 1.82) is 0 Å². The summed E-state index contributed by atoms with van der Waals surface area (Å²) in [5, 5.41) is 3.87. The molecule has 0 atom stereocenters. The van der Waals surface area contributed by atoms with Gasteiger partial charge < -0.3 is 14.5 Å². The van der Waals surface area contributed by atoms with E-state index in [1.54, 1.807) is 12.1 Å². The summed E-state index contributed by atoms with van der Waals surface area (Å²) >= 11 is 0. The second kappa shape index (κ2) is 7.71. The van der Waals surface area contributed by atoms with Crippen molar-refractivity contribution < 1.29 is 17.4 Å². The third-order valence-electron chi connectivity index (χ3n) is 4.68. The molecule has 3 aromatic rings. The molecule has 0 aliphatic heterocycles. The van der Waals surface area contributed by atoms with Gasteiger partial charge in [0.15, 0.2) is 0 Å². The standard InChI is InChI=1S/C21H21N3O4S/c1-2-11-29(26,27)28-17-7-3-14(4-8-17)12-16-13-19(24-21(25)15-5-6-15)23-20-18(16)9-10-22-20/h2-4,7-10,13,15H,1,5-6,11-12H2,(H2,22,23,24,25). The van der Waals surface area contributed by atoms with E-state index in [1.165, 1.54) is 6.08 Å². The van der Waals surface area contributed by atoms with E-state index in [0.29, 0.717) is 17.9 Å². The number of fused-ring (bicyclic) bond motifs is 1. The molecule has 1 amide bonds. The van der Waals surface area contributed by atoms with Crippen molar-refractivity contribution in [3.63, 3.8) is 0 Å². The van der Waals surface area contributed by atoms with Crippen LogP contribution >= 0.6 is 0 Å². The number of nitrogens with zero attached hydrogens (tertiary/aromatic N) is 1. The van der Waals surface area contributed by atoms with Crippen molar-refractivity contribution in [1.82, 2.24) is 9.97 Å². The number of hydrogen-bond donors (Lipinski definition) is 2. The molecule has 2 heterocycles. The number of aromatic amines is 1. The van der Waals surface area contributed by atoms with E-state index in [1.807, 2.05) is 30.5 Å². The summed E-state index contributed by atoms with van der Waals surface area (Å²) < 4.78 is 28.5. The molecule has 1 aromatic carbocycles. The smallest absolute Gasteiger partial charge is 0.312 e. The monoisotopic (exact) mass is 411 g/mol. The highest BCUT2D eigenvalue weighted by Gasteiger charge is 2.30. The molecule has 0 radical (unpaired) electrons. The van der Waals surface area contributed by atoms with Gasteiger partial charge in [-0.2, -0.15) is 8.42 Å². The zero-order chi connectivity index (χ0) is 20.4. The van der Waals surface area contributed by atoms with E-state index in [9.17, 15) is 13.2 Å². The van der Waals surface area contributed by atoms with Crippen LogP contribution in [0.1, 0.15) is 24.0 Å². The Morgan fingerprint density at radius 1 is 1.28 bits per heavy atom. The van der Waals surface area contributed by atoms with Gasteiger partial charge in [0.05, 0.1) is 0 Å². The maximum atomic E-state index is 12.1. The van der Waals surface area contributed by atoms with Crippen LogP contribution < -0.4 is 9.50 Å². The van der Waals surface area contributed by atoms with Gasteiger partial charge >= 0.3 is 10.1 Å². The minimum atomic E-state index is -3.67. The number of hydrogen-bond acceptors (Lipinski definition) is 5. The van der Waals surface area contributed by atoms with E-state index >= 15 is 0 Å².